The van der Waals surface area contributed by atoms with Crippen molar-refractivity contribution in [2.75, 3.05) is 13.1 Å². The summed E-state index contributed by atoms with van der Waals surface area (Å²) in [5, 5.41) is 61.0. The van der Waals surface area contributed by atoms with Crippen molar-refractivity contribution in [1.82, 2.24) is 15.1 Å². The van der Waals surface area contributed by atoms with E-state index < -0.39 is 44.3 Å². The molecule has 0 aromatic heterocycles. The number of benzene rings is 2. The lowest BCUT2D eigenvalue weighted by molar-refractivity contribution is -0.147. The number of aliphatic hydroxyl groups excluding tert-OH is 1. The molecule has 1 aliphatic heterocycles. The molecule has 2 amide bonds. The number of carbonyl (C=O) groups is 3. The average molecular weight is 625 g/mol. The van der Waals surface area contributed by atoms with E-state index in [1.54, 1.807) is 24.3 Å². The van der Waals surface area contributed by atoms with Gasteiger partial charge in [-0.3, -0.25) is 14.5 Å². The molecule has 1 aliphatic rings. The van der Waals surface area contributed by atoms with Crippen molar-refractivity contribution in [1.29, 1.82) is 0 Å². The van der Waals surface area contributed by atoms with Crippen LogP contribution in [0.15, 0.2) is 48.5 Å². The molecule has 0 spiro atoms. The molecule has 12 nitrogen and oxygen atoms in total. The lowest BCUT2D eigenvalue weighted by atomic mass is 9.76. The van der Waals surface area contributed by atoms with Gasteiger partial charge in [-0.2, -0.15) is 0 Å². The Hall–Kier alpha value is -3.26. The molecule has 3 rings (SSSR count). The van der Waals surface area contributed by atoms with Crippen LogP contribution in [0.5, 0.6) is 0 Å². The van der Waals surface area contributed by atoms with Gasteiger partial charge in [0.15, 0.2) is 6.04 Å². The van der Waals surface area contributed by atoms with E-state index >= 15 is 0 Å². The average Bonchev–Trinajstić information content (AvgIpc) is 3.50. The second-order valence-corrected chi connectivity index (χ2v) is 11.7. The van der Waals surface area contributed by atoms with Gasteiger partial charge in [0.1, 0.15) is 6.04 Å². The number of carbonyl (C=O) groups excluding carboxylic acids is 2. The first kappa shape index (κ1) is 36.2. The molecule has 244 valence electrons. The third-order valence-corrected chi connectivity index (χ3v) is 8.46. The van der Waals surface area contributed by atoms with E-state index in [1.807, 2.05) is 31.2 Å². The van der Waals surface area contributed by atoms with Gasteiger partial charge in [0.25, 0.3) is 0 Å². The fourth-order valence-electron chi connectivity index (χ4n) is 5.96. The first-order chi connectivity index (χ1) is 21.4. The zero-order valence-corrected chi connectivity index (χ0v) is 26.0. The molecule has 2 aromatic rings. The zero-order valence-electron chi connectivity index (χ0n) is 26.0. The molecule has 0 aliphatic carbocycles. The highest BCUT2D eigenvalue weighted by molar-refractivity contribution is 6.59. The highest BCUT2D eigenvalue weighted by atomic mass is 16.4. The molecular formula is C31H45B2N3O9. The number of hydrogen-bond acceptors (Lipinski definition) is 9. The fourth-order valence-corrected chi connectivity index (χ4v) is 5.96. The Morgan fingerprint density at radius 3 is 2.00 bits per heavy atom. The van der Waals surface area contributed by atoms with Gasteiger partial charge in [0, 0.05) is 25.6 Å². The Morgan fingerprint density at radius 1 is 0.956 bits per heavy atom. The lowest BCUT2D eigenvalue weighted by Crippen LogP contribution is -2.54. The van der Waals surface area contributed by atoms with Crippen molar-refractivity contribution in [3.8, 4) is 0 Å². The molecule has 1 heterocycles. The Kier molecular flexibility index (Phi) is 14.0. The molecular weight excluding hydrogens is 580 g/mol. The van der Waals surface area contributed by atoms with E-state index in [1.165, 1.54) is 11.8 Å². The molecule has 0 bridgehead atoms. The lowest BCUT2D eigenvalue weighted by Gasteiger charge is -2.29. The second kappa shape index (κ2) is 17.4. The minimum atomic E-state index is -1.63. The highest BCUT2D eigenvalue weighted by Crippen LogP contribution is 2.24. The summed E-state index contributed by atoms with van der Waals surface area (Å²) >= 11 is 0. The van der Waals surface area contributed by atoms with Gasteiger partial charge >= 0.3 is 20.2 Å². The maximum Gasteiger partial charge on any atom is 0.488 e. The van der Waals surface area contributed by atoms with E-state index in [4.69, 9.17) is 0 Å². The normalized spacial score (nSPS) is 16.7. The SMILES string of the molecule is CC[C@@H](CCCCN(Cc1ccccc1B(O)O)Cc1ccccc1B(O)O)C(=O)N1CCC[C@H]1C(=O)N[C@H](C(=O)O)[C@@H](C)O. The predicted octanol–water partition coefficient (Wildman–Crippen LogP) is -0.814. The molecule has 0 saturated carbocycles. The number of nitrogens with one attached hydrogen (secondary N) is 1. The summed E-state index contributed by atoms with van der Waals surface area (Å²) in [6.45, 7) is 4.96. The van der Waals surface area contributed by atoms with E-state index in [2.05, 4.69) is 10.2 Å². The minimum absolute atomic E-state index is 0.146. The summed E-state index contributed by atoms with van der Waals surface area (Å²) in [5.74, 6) is -2.40. The molecule has 14 heteroatoms. The summed E-state index contributed by atoms with van der Waals surface area (Å²) in [4.78, 5) is 41.5. The van der Waals surface area contributed by atoms with Crippen molar-refractivity contribution in [2.24, 2.45) is 5.92 Å². The number of aliphatic hydroxyl groups is 1. The number of hydrogen-bond donors (Lipinski definition) is 7. The number of nitrogens with zero attached hydrogens (tertiary/aromatic N) is 2. The topological polar surface area (TPSA) is 191 Å². The molecule has 2 aromatic carbocycles. The highest BCUT2D eigenvalue weighted by Gasteiger charge is 2.38. The van der Waals surface area contributed by atoms with Crippen molar-refractivity contribution in [3.63, 3.8) is 0 Å². The number of carboxylic acid groups (broad SMARTS) is 1. The Morgan fingerprint density at radius 2 is 1.51 bits per heavy atom. The van der Waals surface area contributed by atoms with Gasteiger partial charge in [-0.15, -0.1) is 0 Å². The van der Waals surface area contributed by atoms with Crippen LogP contribution in [-0.2, 0) is 27.5 Å². The Balaban J connectivity index is 1.66. The van der Waals surface area contributed by atoms with Crippen LogP contribution in [0, 0.1) is 5.92 Å². The van der Waals surface area contributed by atoms with Gasteiger partial charge < -0.3 is 40.5 Å². The van der Waals surface area contributed by atoms with E-state index in [-0.39, 0.29) is 11.8 Å². The predicted molar refractivity (Wildman–Crippen MR) is 170 cm³/mol. The fraction of sp³-hybridized carbons (Fsp3) is 0.516. The third-order valence-electron chi connectivity index (χ3n) is 8.46. The van der Waals surface area contributed by atoms with E-state index in [9.17, 15) is 44.7 Å². The first-order valence-electron chi connectivity index (χ1n) is 15.6. The van der Waals surface area contributed by atoms with Gasteiger partial charge in [-0.05, 0) is 67.6 Å². The van der Waals surface area contributed by atoms with Crippen LogP contribution in [0.3, 0.4) is 0 Å². The van der Waals surface area contributed by atoms with Crippen LogP contribution >= 0.6 is 0 Å². The quantitative estimate of drug-likeness (QED) is 0.0865. The molecule has 1 fully saturated rings. The van der Waals surface area contributed by atoms with E-state index in [0.717, 1.165) is 11.1 Å². The smallest absolute Gasteiger partial charge is 0.480 e. The number of unbranched alkanes of at least 4 members (excludes halogenated alkanes) is 1. The van der Waals surface area contributed by atoms with Crippen molar-refractivity contribution < 1.29 is 44.7 Å². The largest absolute Gasteiger partial charge is 0.488 e. The van der Waals surface area contributed by atoms with Crippen LogP contribution in [0.2, 0.25) is 0 Å². The van der Waals surface area contributed by atoms with Crippen LogP contribution in [0.1, 0.15) is 63.5 Å². The monoisotopic (exact) mass is 625 g/mol. The summed E-state index contributed by atoms with van der Waals surface area (Å²) in [6.07, 6.45) is 2.31. The summed E-state index contributed by atoms with van der Waals surface area (Å²) < 4.78 is 0. The van der Waals surface area contributed by atoms with E-state index in [0.29, 0.717) is 75.6 Å². The van der Waals surface area contributed by atoms with Gasteiger partial charge in [0.05, 0.1) is 6.10 Å². The number of rotatable bonds is 17. The number of amides is 2. The standard InChI is InChI=1S/C31H45B2N3O9/c1-3-22(30(39)36-18-10-16-27(36)29(38)34-28(21(2)37)31(40)41)11-8-9-17-35(19-23-12-4-6-14-25(23)32(42)43)20-24-13-5-7-15-26(24)33(44)45/h4-7,12-15,21-22,27-28,37,42-45H,3,8-11,16-20H2,1-2H3,(H,34,38)(H,40,41)/t21-,22+,27+,28+/m1/s1. The molecule has 4 atom stereocenters. The summed E-state index contributed by atoms with van der Waals surface area (Å²) in [7, 11) is -3.27. The molecule has 0 radical (unpaired) electrons. The summed E-state index contributed by atoms with van der Waals surface area (Å²) in [6, 6.07) is 11.8. The zero-order chi connectivity index (χ0) is 33.1. The van der Waals surface area contributed by atoms with Crippen LogP contribution < -0.4 is 16.2 Å². The molecule has 7 N–H and O–H groups in total. The second-order valence-electron chi connectivity index (χ2n) is 11.7. The number of carboxylic acids is 1. The number of likely N-dealkylation sites (tertiary alicyclic amines) is 1. The third kappa shape index (κ3) is 10.1. The molecule has 45 heavy (non-hydrogen) atoms. The molecule has 0 unspecified atom stereocenters. The summed E-state index contributed by atoms with van der Waals surface area (Å²) in [5.41, 5.74) is 2.24. The van der Waals surface area contributed by atoms with Gasteiger partial charge in [0.2, 0.25) is 11.8 Å². The first-order valence-corrected chi connectivity index (χ1v) is 15.6. The van der Waals surface area contributed by atoms with Gasteiger partial charge in [-0.25, -0.2) is 4.79 Å². The van der Waals surface area contributed by atoms with Crippen LogP contribution in [0.25, 0.3) is 0 Å². The maximum atomic E-state index is 13.5. The Labute approximate surface area is 265 Å². The Bertz CT molecular complexity index is 1230. The van der Waals surface area contributed by atoms with Crippen LogP contribution in [-0.4, -0.2) is 103 Å². The molecule has 1 saturated heterocycles. The van der Waals surface area contributed by atoms with Crippen molar-refractivity contribution >= 4 is 42.9 Å². The number of aliphatic carboxylic acids is 1. The van der Waals surface area contributed by atoms with Crippen molar-refractivity contribution in [2.45, 2.75) is 83.6 Å². The minimum Gasteiger partial charge on any atom is -0.480 e. The van der Waals surface area contributed by atoms with Gasteiger partial charge in [-0.1, -0.05) is 61.9 Å². The van der Waals surface area contributed by atoms with Crippen molar-refractivity contribution in [3.05, 3.63) is 59.7 Å². The van der Waals surface area contributed by atoms with Crippen LogP contribution in [0.4, 0.5) is 0 Å². The maximum absolute atomic E-state index is 13.5.